The molecule has 6 nitrogen and oxygen atoms in total. The van der Waals surface area contributed by atoms with Crippen molar-refractivity contribution in [3.63, 3.8) is 0 Å². The first-order valence-corrected chi connectivity index (χ1v) is 6.28. The lowest BCUT2D eigenvalue weighted by Gasteiger charge is -2.21. The second-order valence-electron chi connectivity index (χ2n) is 4.36. The topological polar surface area (TPSA) is 85.2 Å². The quantitative estimate of drug-likeness (QED) is 0.745. The molecule has 0 aliphatic heterocycles. The van der Waals surface area contributed by atoms with Crippen LogP contribution in [-0.2, 0) is 0 Å². The highest BCUT2D eigenvalue weighted by atomic mass is 16.6. The molecule has 0 atom stereocenters. The van der Waals surface area contributed by atoms with Crippen molar-refractivity contribution < 1.29 is 9.42 Å². The standard InChI is InChI=1S/C15H12N4O2/c16-11-6-8-13(9-7-11)19(12-4-2-1-3-5-12)15(20)14-10-17-21-18-14/h1-10H,16H2. The summed E-state index contributed by atoms with van der Waals surface area (Å²) in [6.07, 6.45) is 1.29. The van der Waals surface area contributed by atoms with Crippen molar-refractivity contribution in [1.29, 1.82) is 0 Å². The normalized spacial score (nSPS) is 10.3. The number of rotatable bonds is 3. The maximum Gasteiger partial charge on any atom is 0.286 e. The van der Waals surface area contributed by atoms with E-state index in [4.69, 9.17) is 5.73 Å². The van der Waals surface area contributed by atoms with Gasteiger partial charge in [0.05, 0.1) is 0 Å². The van der Waals surface area contributed by atoms with Gasteiger partial charge < -0.3 is 5.73 Å². The van der Waals surface area contributed by atoms with E-state index in [0.29, 0.717) is 11.4 Å². The number of benzene rings is 2. The van der Waals surface area contributed by atoms with Crippen molar-refractivity contribution in [3.05, 3.63) is 66.5 Å². The molecule has 1 amide bonds. The molecule has 0 aliphatic carbocycles. The summed E-state index contributed by atoms with van der Waals surface area (Å²) < 4.78 is 4.51. The van der Waals surface area contributed by atoms with Crippen LogP contribution >= 0.6 is 0 Å². The van der Waals surface area contributed by atoms with Crippen molar-refractivity contribution in [2.24, 2.45) is 0 Å². The molecule has 3 rings (SSSR count). The van der Waals surface area contributed by atoms with Gasteiger partial charge in [-0.1, -0.05) is 23.4 Å². The maximum atomic E-state index is 12.6. The maximum absolute atomic E-state index is 12.6. The smallest absolute Gasteiger partial charge is 0.286 e. The summed E-state index contributed by atoms with van der Waals surface area (Å²) in [4.78, 5) is 14.2. The Morgan fingerprint density at radius 3 is 2.29 bits per heavy atom. The number of amides is 1. The molecule has 2 aromatic carbocycles. The molecule has 104 valence electrons. The summed E-state index contributed by atoms with van der Waals surface area (Å²) in [6, 6.07) is 16.3. The van der Waals surface area contributed by atoms with Crippen LogP contribution in [0.4, 0.5) is 17.1 Å². The Labute approximate surface area is 120 Å². The first kappa shape index (κ1) is 12.9. The Morgan fingerprint density at radius 2 is 1.67 bits per heavy atom. The Morgan fingerprint density at radius 1 is 1.00 bits per heavy atom. The molecule has 0 aliphatic rings. The summed E-state index contributed by atoms with van der Waals surface area (Å²) in [7, 11) is 0. The minimum absolute atomic E-state index is 0.135. The summed E-state index contributed by atoms with van der Waals surface area (Å²) >= 11 is 0. The summed E-state index contributed by atoms with van der Waals surface area (Å²) in [5.74, 6) is -0.327. The number of nitrogens with zero attached hydrogens (tertiary/aromatic N) is 3. The molecule has 1 heterocycles. The van der Waals surface area contributed by atoms with Crippen LogP contribution in [0.25, 0.3) is 0 Å². The highest BCUT2D eigenvalue weighted by molar-refractivity contribution is 6.09. The summed E-state index contributed by atoms with van der Waals surface area (Å²) in [5, 5.41) is 7.08. The van der Waals surface area contributed by atoms with Crippen molar-refractivity contribution in [2.45, 2.75) is 0 Å². The largest absolute Gasteiger partial charge is 0.399 e. The van der Waals surface area contributed by atoms with Crippen molar-refractivity contribution >= 4 is 23.0 Å². The van der Waals surface area contributed by atoms with Crippen LogP contribution in [0.15, 0.2) is 65.4 Å². The van der Waals surface area contributed by atoms with Gasteiger partial charge in [0.25, 0.3) is 5.91 Å². The van der Waals surface area contributed by atoms with Gasteiger partial charge in [-0.3, -0.25) is 9.69 Å². The Balaban J connectivity index is 2.07. The number of anilines is 3. The van der Waals surface area contributed by atoms with Crippen LogP contribution in [0.1, 0.15) is 10.5 Å². The number of nitrogen functional groups attached to an aromatic ring is 1. The number of para-hydroxylation sites is 1. The molecule has 21 heavy (non-hydrogen) atoms. The zero-order valence-corrected chi connectivity index (χ0v) is 11.0. The third-order valence-electron chi connectivity index (χ3n) is 2.95. The van der Waals surface area contributed by atoms with E-state index in [1.54, 1.807) is 24.3 Å². The van der Waals surface area contributed by atoms with Crippen molar-refractivity contribution in [2.75, 3.05) is 10.6 Å². The molecule has 0 bridgehead atoms. The van der Waals surface area contributed by atoms with Crippen LogP contribution in [-0.4, -0.2) is 16.2 Å². The van der Waals surface area contributed by atoms with E-state index in [9.17, 15) is 4.79 Å². The molecule has 0 spiro atoms. The average Bonchev–Trinajstić information content (AvgIpc) is 3.05. The van der Waals surface area contributed by atoms with Crippen molar-refractivity contribution in [3.8, 4) is 0 Å². The molecule has 2 N–H and O–H groups in total. The molecular weight excluding hydrogens is 268 g/mol. The molecular formula is C15H12N4O2. The fourth-order valence-electron chi connectivity index (χ4n) is 1.96. The average molecular weight is 280 g/mol. The molecule has 0 unspecified atom stereocenters. The third kappa shape index (κ3) is 2.59. The van der Waals surface area contributed by atoms with Gasteiger partial charge in [0.2, 0.25) is 0 Å². The molecule has 0 saturated carbocycles. The van der Waals surface area contributed by atoms with Crippen molar-refractivity contribution in [1.82, 2.24) is 10.3 Å². The van der Waals surface area contributed by atoms with Gasteiger partial charge in [-0.15, -0.1) is 0 Å². The van der Waals surface area contributed by atoms with E-state index in [-0.39, 0.29) is 11.6 Å². The predicted octanol–water partition coefficient (Wildman–Crippen LogP) is 2.63. The molecule has 3 aromatic rings. The second kappa shape index (κ2) is 5.46. The van der Waals surface area contributed by atoms with Gasteiger partial charge in [0.1, 0.15) is 6.20 Å². The lowest BCUT2D eigenvalue weighted by atomic mass is 10.2. The number of nitrogens with two attached hydrogens (primary N) is 1. The number of carbonyl (C=O) groups excluding carboxylic acids is 1. The Hall–Kier alpha value is -3.15. The lowest BCUT2D eigenvalue weighted by Crippen LogP contribution is -2.26. The zero-order chi connectivity index (χ0) is 14.7. The van der Waals surface area contributed by atoms with Crippen LogP contribution in [0.2, 0.25) is 0 Å². The summed E-state index contributed by atoms with van der Waals surface area (Å²) in [5.41, 5.74) is 7.86. The van der Waals surface area contributed by atoms with Crippen LogP contribution in [0, 0.1) is 0 Å². The highest BCUT2D eigenvalue weighted by Gasteiger charge is 2.22. The minimum Gasteiger partial charge on any atom is -0.399 e. The molecule has 0 saturated heterocycles. The van der Waals surface area contributed by atoms with Crippen LogP contribution in [0.5, 0.6) is 0 Å². The van der Waals surface area contributed by atoms with Gasteiger partial charge in [0, 0.05) is 17.1 Å². The predicted molar refractivity (Wildman–Crippen MR) is 78.1 cm³/mol. The first-order valence-electron chi connectivity index (χ1n) is 6.28. The number of aromatic nitrogens is 2. The van der Waals surface area contributed by atoms with E-state index >= 15 is 0 Å². The van der Waals surface area contributed by atoms with E-state index in [2.05, 4.69) is 14.9 Å². The molecule has 6 heteroatoms. The van der Waals surface area contributed by atoms with Crippen LogP contribution < -0.4 is 10.6 Å². The van der Waals surface area contributed by atoms with Gasteiger partial charge >= 0.3 is 0 Å². The Kier molecular flexibility index (Phi) is 3.34. The van der Waals surface area contributed by atoms with E-state index in [1.807, 2.05) is 30.3 Å². The van der Waals surface area contributed by atoms with E-state index in [0.717, 1.165) is 5.69 Å². The fraction of sp³-hybridized carbons (Fsp3) is 0. The van der Waals surface area contributed by atoms with Gasteiger partial charge in [-0.05, 0) is 41.6 Å². The number of carbonyl (C=O) groups is 1. The first-order chi connectivity index (χ1) is 10.3. The zero-order valence-electron chi connectivity index (χ0n) is 11.0. The molecule has 0 radical (unpaired) electrons. The SMILES string of the molecule is Nc1ccc(N(C(=O)c2cnon2)c2ccccc2)cc1. The highest BCUT2D eigenvalue weighted by Crippen LogP contribution is 2.27. The van der Waals surface area contributed by atoms with E-state index in [1.165, 1.54) is 11.1 Å². The van der Waals surface area contributed by atoms with E-state index < -0.39 is 0 Å². The lowest BCUT2D eigenvalue weighted by molar-refractivity contribution is 0.0990. The van der Waals surface area contributed by atoms with Gasteiger partial charge in [-0.25, -0.2) is 4.63 Å². The summed E-state index contributed by atoms with van der Waals surface area (Å²) in [6.45, 7) is 0. The molecule has 0 fully saturated rings. The number of hydrogen-bond acceptors (Lipinski definition) is 5. The third-order valence-corrected chi connectivity index (χ3v) is 2.95. The Bertz CT molecular complexity index is 724. The van der Waals surface area contributed by atoms with Gasteiger partial charge in [-0.2, -0.15) is 0 Å². The number of hydrogen-bond donors (Lipinski definition) is 1. The second-order valence-corrected chi connectivity index (χ2v) is 4.36. The minimum atomic E-state index is -0.327. The van der Waals surface area contributed by atoms with Crippen LogP contribution in [0.3, 0.4) is 0 Å². The molecule has 1 aromatic heterocycles. The fourth-order valence-corrected chi connectivity index (χ4v) is 1.96. The monoisotopic (exact) mass is 280 g/mol. The van der Waals surface area contributed by atoms with Gasteiger partial charge in [0.15, 0.2) is 5.69 Å².